The molecule has 2 aromatic rings. The van der Waals surface area contributed by atoms with E-state index in [1.807, 2.05) is 89.2 Å². The molecule has 1 heterocycles. The van der Waals surface area contributed by atoms with Gasteiger partial charge in [-0.25, -0.2) is 0 Å². The Kier molecular flexibility index (Phi) is 7.36. The zero-order valence-corrected chi connectivity index (χ0v) is 17.8. The van der Waals surface area contributed by atoms with E-state index in [1.165, 1.54) is 0 Å². The fourth-order valence-corrected chi connectivity index (χ4v) is 2.84. The van der Waals surface area contributed by atoms with E-state index in [0.29, 0.717) is 0 Å². The van der Waals surface area contributed by atoms with Gasteiger partial charge in [0.15, 0.2) is 0 Å². The minimum atomic E-state index is 0. The Bertz CT molecular complexity index is 984. The summed E-state index contributed by atoms with van der Waals surface area (Å²) in [6.07, 6.45) is 1.98. The SMILES string of the molecule is CC1=Nc2ccccc2[N-]/C(C)=C(/C)C(C)=Nc2ccccc2[N-]/C(C)=C\1.[Ni+2]. The van der Waals surface area contributed by atoms with E-state index in [2.05, 4.69) is 0 Å². The van der Waals surface area contributed by atoms with E-state index >= 15 is 0 Å². The molecule has 0 N–H and O–H groups in total. The van der Waals surface area contributed by atoms with Gasteiger partial charge in [-0.3, -0.25) is 9.98 Å². The fraction of sp³-hybridized carbons (Fsp3) is 0.217. The van der Waals surface area contributed by atoms with Crippen molar-refractivity contribution in [2.75, 3.05) is 0 Å². The van der Waals surface area contributed by atoms with Crippen molar-refractivity contribution >= 4 is 34.2 Å². The average Bonchev–Trinajstić information content (AvgIpc) is 2.63. The van der Waals surface area contributed by atoms with E-state index in [-0.39, 0.29) is 16.5 Å². The van der Waals surface area contributed by atoms with Crippen LogP contribution in [0.4, 0.5) is 22.7 Å². The third-order valence-corrected chi connectivity index (χ3v) is 4.44. The normalized spacial score (nSPS) is 19.1. The molecule has 0 unspecified atom stereocenters. The molecule has 0 fully saturated rings. The molecule has 0 spiro atoms. The molecule has 28 heavy (non-hydrogen) atoms. The Balaban J connectivity index is 0.00000280. The van der Waals surface area contributed by atoms with Crippen LogP contribution >= 0.6 is 0 Å². The smallest absolute Gasteiger partial charge is 0.660 e. The largest absolute Gasteiger partial charge is 2.00 e. The number of benzene rings is 2. The third-order valence-electron chi connectivity index (χ3n) is 4.44. The summed E-state index contributed by atoms with van der Waals surface area (Å²) in [5.74, 6) is 0. The summed E-state index contributed by atoms with van der Waals surface area (Å²) in [6.45, 7) is 10.0. The van der Waals surface area contributed by atoms with Crippen molar-refractivity contribution in [3.63, 3.8) is 0 Å². The molecular formula is C23H24N4Ni. The summed E-state index contributed by atoms with van der Waals surface area (Å²) >= 11 is 0. The first-order valence-electron chi connectivity index (χ1n) is 9.02. The zero-order chi connectivity index (χ0) is 19.4. The van der Waals surface area contributed by atoms with Crippen LogP contribution in [0.25, 0.3) is 10.6 Å². The standard InChI is InChI=1S/C23H24N4.Ni/c1-15-14-16(2)25-21-11-7-9-13-23(21)27-19(5)17(3)18(4)26-22-12-8-6-10-20(22)24-15;/h6-14H,1-5H3;/q-2;+2/b15-14-,19-17-,25-16?,26-18?;. The van der Waals surface area contributed by atoms with Crippen LogP contribution in [0.2, 0.25) is 0 Å². The Morgan fingerprint density at radius 1 is 0.679 bits per heavy atom. The zero-order valence-electron chi connectivity index (χ0n) is 16.8. The number of allylic oxidation sites excluding steroid dienone is 4. The summed E-state index contributed by atoms with van der Waals surface area (Å²) in [7, 11) is 0. The molecule has 0 bridgehead atoms. The molecule has 0 atom stereocenters. The number of nitrogens with zero attached hydrogens (tertiary/aromatic N) is 4. The van der Waals surface area contributed by atoms with Gasteiger partial charge in [0.1, 0.15) is 0 Å². The van der Waals surface area contributed by atoms with Crippen LogP contribution in [0, 0.1) is 0 Å². The Hall–Kier alpha value is -2.65. The van der Waals surface area contributed by atoms with E-state index < -0.39 is 0 Å². The second-order valence-corrected chi connectivity index (χ2v) is 6.65. The number of rotatable bonds is 0. The minimum Gasteiger partial charge on any atom is -0.660 e. The molecule has 0 saturated carbocycles. The Morgan fingerprint density at radius 2 is 1.21 bits per heavy atom. The van der Waals surface area contributed by atoms with Gasteiger partial charge in [-0.05, 0) is 38.5 Å². The molecule has 146 valence electrons. The third kappa shape index (κ3) is 5.20. The van der Waals surface area contributed by atoms with Crippen LogP contribution in [-0.2, 0) is 16.5 Å². The van der Waals surface area contributed by atoms with Crippen molar-refractivity contribution < 1.29 is 16.5 Å². The molecule has 0 aliphatic carbocycles. The average molecular weight is 415 g/mol. The maximum Gasteiger partial charge on any atom is 2.00 e. The van der Waals surface area contributed by atoms with E-state index in [9.17, 15) is 0 Å². The molecule has 0 radical (unpaired) electrons. The van der Waals surface area contributed by atoms with E-state index in [4.69, 9.17) is 20.6 Å². The molecule has 3 rings (SSSR count). The van der Waals surface area contributed by atoms with Crippen molar-refractivity contribution in [2.24, 2.45) is 9.98 Å². The monoisotopic (exact) mass is 414 g/mol. The molecule has 0 amide bonds. The molecule has 1 aliphatic rings. The van der Waals surface area contributed by atoms with Crippen molar-refractivity contribution in [2.45, 2.75) is 34.6 Å². The van der Waals surface area contributed by atoms with Crippen LogP contribution in [0.1, 0.15) is 34.6 Å². The first kappa shape index (κ1) is 21.7. The van der Waals surface area contributed by atoms with Crippen molar-refractivity contribution in [3.8, 4) is 0 Å². The van der Waals surface area contributed by atoms with Gasteiger partial charge in [0.2, 0.25) is 0 Å². The van der Waals surface area contributed by atoms with Gasteiger partial charge in [-0.15, -0.1) is 11.4 Å². The minimum absolute atomic E-state index is 0. The molecule has 0 saturated heterocycles. The summed E-state index contributed by atoms with van der Waals surface area (Å²) in [4.78, 5) is 9.56. The predicted molar refractivity (Wildman–Crippen MR) is 117 cm³/mol. The van der Waals surface area contributed by atoms with Crippen LogP contribution in [0.3, 0.4) is 0 Å². The van der Waals surface area contributed by atoms with Crippen molar-refractivity contribution in [1.82, 2.24) is 0 Å². The number of hydrogen-bond donors (Lipinski definition) is 0. The molecule has 2 aromatic carbocycles. The first-order valence-corrected chi connectivity index (χ1v) is 9.02. The van der Waals surface area contributed by atoms with E-state index in [1.54, 1.807) is 0 Å². The maximum absolute atomic E-state index is 4.82. The van der Waals surface area contributed by atoms with Gasteiger partial charge in [-0.1, -0.05) is 56.3 Å². The van der Waals surface area contributed by atoms with Gasteiger partial charge in [0.25, 0.3) is 0 Å². The first-order chi connectivity index (χ1) is 12.9. The molecule has 1 aliphatic heterocycles. The summed E-state index contributed by atoms with van der Waals surface area (Å²) in [6, 6.07) is 15.8. The summed E-state index contributed by atoms with van der Waals surface area (Å²) < 4.78 is 0. The van der Waals surface area contributed by atoms with Gasteiger partial charge in [0, 0.05) is 22.8 Å². The van der Waals surface area contributed by atoms with Crippen molar-refractivity contribution in [1.29, 1.82) is 0 Å². The molecule has 4 nitrogen and oxygen atoms in total. The second kappa shape index (κ2) is 9.52. The maximum atomic E-state index is 4.82. The van der Waals surface area contributed by atoms with E-state index in [0.717, 1.165) is 51.1 Å². The topological polar surface area (TPSA) is 52.9 Å². The Morgan fingerprint density at radius 3 is 1.86 bits per heavy atom. The van der Waals surface area contributed by atoms with Crippen LogP contribution in [0.5, 0.6) is 0 Å². The summed E-state index contributed by atoms with van der Waals surface area (Å²) in [5, 5.41) is 9.56. The van der Waals surface area contributed by atoms with Gasteiger partial charge < -0.3 is 10.6 Å². The fourth-order valence-electron chi connectivity index (χ4n) is 2.84. The van der Waals surface area contributed by atoms with Crippen LogP contribution < -0.4 is 0 Å². The van der Waals surface area contributed by atoms with Crippen LogP contribution in [0.15, 0.2) is 81.6 Å². The number of aliphatic imine (C=N–C) groups is 2. The second-order valence-electron chi connectivity index (χ2n) is 6.65. The molecule has 0 aromatic heterocycles. The van der Waals surface area contributed by atoms with Gasteiger partial charge in [0.05, 0.1) is 0 Å². The van der Waals surface area contributed by atoms with Gasteiger partial charge in [-0.2, -0.15) is 11.4 Å². The quantitative estimate of drug-likeness (QED) is 0.395. The predicted octanol–water partition coefficient (Wildman–Crippen LogP) is 7.79. The number of hydrogen-bond acceptors (Lipinski definition) is 2. The number of fused-ring (bicyclic) bond motifs is 2. The Labute approximate surface area is 177 Å². The van der Waals surface area contributed by atoms with Gasteiger partial charge >= 0.3 is 16.5 Å². The van der Waals surface area contributed by atoms with Crippen LogP contribution in [-0.4, -0.2) is 11.4 Å². The molecular weight excluding hydrogens is 391 g/mol. The molecule has 5 heteroatoms. The summed E-state index contributed by atoms with van der Waals surface area (Å²) in [5.41, 5.74) is 8.05. The van der Waals surface area contributed by atoms with Crippen molar-refractivity contribution in [3.05, 3.63) is 82.2 Å². The number of para-hydroxylation sites is 4.